The molecule has 8 nitrogen and oxygen atoms in total. The number of aryl methyl sites for hydroxylation is 1. The Morgan fingerprint density at radius 3 is 2.74 bits per heavy atom. The fourth-order valence-corrected chi connectivity index (χ4v) is 5.31. The highest BCUT2D eigenvalue weighted by molar-refractivity contribution is 7.07. The molecule has 0 amide bonds. The van der Waals surface area contributed by atoms with Gasteiger partial charge in [0.1, 0.15) is 5.75 Å². The van der Waals surface area contributed by atoms with E-state index in [0.717, 1.165) is 16.9 Å². The first-order valence-corrected chi connectivity index (χ1v) is 12.0. The first-order valence-electron chi connectivity index (χ1n) is 11.1. The third kappa shape index (κ3) is 4.01. The molecule has 2 aromatic carbocycles. The number of aromatic nitrogens is 1. The van der Waals surface area contributed by atoms with Crippen molar-refractivity contribution in [2.75, 3.05) is 20.5 Å². The van der Waals surface area contributed by atoms with Crippen molar-refractivity contribution in [1.29, 1.82) is 0 Å². The number of fused-ring (bicyclic) bond motifs is 2. The van der Waals surface area contributed by atoms with Crippen LogP contribution in [-0.4, -0.2) is 31.0 Å². The Morgan fingerprint density at radius 2 is 2.00 bits per heavy atom. The Morgan fingerprint density at radius 1 is 1.20 bits per heavy atom. The minimum atomic E-state index is -0.709. The number of benzene rings is 2. The van der Waals surface area contributed by atoms with Crippen LogP contribution in [0.5, 0.6) is 17.2 Å². The molecule has 0 aliphatic carbocycles. The van der Waals surface area contributed by atoms with Crippen LogP contribution < -0.4 is 29.1 Å². The lowest BCUT2D eigenvalue weighted by atomic mass is 9.95. The van der Waals surface area contributed by atoms with Gasteiger partial charge in [0.2, 0.25) is 6.79 Å². The van der Waals surface area contributed by atoms with E-state index in [9.17, 15) is 9.59 Å². The van der Waals surface area contributed by atoms with Gasteiger partial charge >= 0.3 is 5.97 Å². The number of carbonyl (C=O) groups excluding carboxylic acids is 1. The van der Waals surface area contributed by atoms with Crippen molar-refractivity contribution < 1.29 is 23.7 Å². The molecule has 1 aromatic heterocycles. The molecule has 2 aliphatic heterocycles. The molecule has 0 spiro atoms. The molecule has 180 valence electrons. The quantitative estimate of drug-likeness (QED) is 0.509. The van der Waals surface area contributed by atoms with Crippen molar-refractivity contribution >= 4 is 23.4 Å². The van der Waals surface area contributed by atoms with E-state index in [1.807, 2.05) is 37.3 Å². The normalized spacial score (nSPS) is 16.7. The Bertz CT molecular complexity index is 1550. The van der Waals surface area contributed by atoms with E-state index in [-0.39, 0.29) is 19.0 Å². The Kier molecular flexibility index (Phi) is 5.94. The number of ether oxygens (including phenoxy) is 4. The van der Waals surface area contributed by atoms with Gasteiger partial charge in [0.25, 0.3) is 5.56 Å². The van der Waals surface area contributed by atoms with Crippen molar-refractivity contribution in [1.82, 2.24) is 4.57 Å². The van der Waals surface area contributed by atoms with Crippen molar-refractivity contribution in [2.45, 2.75) is 26.8 Å². The molecule has 1 unspecified atom stereocenters. The topological polar surface area (TPSA) is 88.4 Å². The van der Waals surface area contributed by atoms with E-state index < -0.39 is 12.0 Å². The molecule has 0 N–H and O–H groups in total. The van der Waals surface area contributed by atoms with Crippen LogP contribution in [0.15, 0.2) is 57.5 Å². The molecular formula is C26H24N2O6S. The summed E-state index contributed by atoms with van der Waals surface area (Å²) in [4.78, 5) is 31.9. The van der Waals surface area contributed by atoms with E-state index in [1.165, 1.54) is 11.3 Å². The molecule has 0 saturated carbocycles. The van der Waals surface area contributed by atoms with Gasteiger partial charge in [-0.15, -0.1) is 0 Å². The average molecular weight is 493 g/mol. The van der Waals surface area contributed by atoms with E-state index >= 15 is 0 Å². The number of rotatable bonds is 5. The van der Waals surface area contributed by atoms with Crippen LogP contribution in [0.4, 0.5) is 0 Å². The summed E-state index contributed by atoms with van der Waals surface area (Å²) in [5.41, 5.74) is 3.19. The maximum absolute atomic E-state index is 13.7. The van der Waals surface area contributed by atoms with Gasteiger partial charge < -0.3 is 18.9 Å². The van der Waals surface area contributed by atoms with E-state index in [2.05, 4.69) is 4.99 Å². The van der Waals surface area contributed by atoms with Crippen molar-refractivity contribution in [2.24, 2.45) is 4.99 Å². The van der Waals surface area contributed by atoms with Gasteiger partial charge in [0.15, 0.2) is 16.3 Å². The van der Waals surface area contributed by atoms with Gasteiger partial charge in [-0.3, -0.25) is 9.36 Å². The van der Waals surface area contributed by atoms with Crippen LogP contribution in [0.25, 0.3) is 6.08 Å². The van der Waals surface area contributed by atoms with Crippen LogP contribution in [0.2, 0.25) is 0 Å². The number of thiazole rings is 1. The molecular weight excluding hydrogens is 468 g/mol. The Hall–Kier alpha value is -3.85. The van der Waals surface area contributed by atoms with Crippen LogP contribution in [-0.2, 0) is 9.53 Å². The lowest BCUT2D eigenvalue weighted by Crippen LogP contribution is -2.39. The number of hydrogen-bond acceptors (Lipinski definition) is 8. The number of allylic oxidation sites excluding steroid dienone is 1. The van der Waals surface area contributed by atoms with E-state index in [0.29, 0.717) is 37.7 Å². The summed E-state index contributed by atoms with van der Waals surface area (Å²) in [6.45, 7) is 5.81. The summed E-state index contributed by atoms with van der Waals surface area (Å²) in [6, 6.07) is 10.4. The summed E-state index contributed by atoms with van der Waals surface area (Å²) in [5, 5.41) is 0. The largest absolute Gasteiger partial charge is 0.497 e. The fraction of sp³-hybridized carbons (Fsp3) is 0.269. The van der Waals surface area contributed by atoms with Gasteiger partial charge in [-0.25, -0.2) is 9.79 Å². The SMILES string of the molecule is CCOC(=O)C1=C(C)N=c2s/c(=C/c3ccc(OC)cc3C)c(=O)n2C1c1ccc2c(c1)OCO2. The predicted molar refractivity (Wildman–Crippen MR) is 131 cm³/mol. The Balaban J connectivity index is 1.71. The van der Waals surface area contributed by atoms with Crippen LogP contribution in [0.3, 0.4) is 0 Å². The molecule has 0 bridgehead atoms. The highest BCUT2D eigenvalue weighted by Crippen LogP contribution is 2.38. The molecule has 2 aliphatic rings. The van der Waals surface area contributed by atoms with Gasteiger partial charge in [-0.2, -0.15) is 0 Å². The zero-order valence-electron chi connectivity index (χ0n) is 19.8. The molecule has 5 rings (SSSR count). The molecule has 3 aromatic rings. The lowest BCUT2D eigenvalue weighted by Gasteiger charge is -2.24. The van der Waals surface area contributed by atoms with Crippen LogP contribution in [0, 0.1) is 6.92 Å². The van der Waals surface area contributed by atoms with Crippen molar-refractivity contribution in [3.05, 3.63) is 84.0 Å². The highest BCUT2D eigenvalue weighted by atomic mass is 32.1. The summed E-state index contributed by atoms with van der Waals surface area (Å²) < 4.78 is 23.7. The van der Waals surface area contributed by atoms with Gasteiger partial charge in [-0.1, -0.05) is 23.5 Å². The third-order valence-corrected chi connectivity index (χ3v) is 6.98. The molecule has 0 fully saturated rings. The molecule has 35 heavy (non-hydrogen) atoms. The zero-order chi connectivity index (χ0) is 24.7. The minimum Gasteiger partial charge on any atom is -0.497 e. The molecule has 3 heterocycles. The number of methoxy groups -OCH3 is 1. The summed E-state index contributed by atoms with van der Waals surface area (Å²) in [6.07, 6.45) is 1.85. The summed E-state index contributed by atoms with van der Waals surface area (Å²) >= 11 is 1.28. The highest BCUT2D eigenvalue weighted by Gasteiger charge is 2.34. The number of hydrogen-bond donors (Lipinski definition) is 0. The number of nitrogens with zero attached hydrogens (tertiary/aromatic N) is 2. The van der Waals surface area contributed by atoms with Gasteiger partial charge in [0.05, 0.1) is 35.6 Å². The second-order valence-corrected chi connectivity index (χ2v) is 9.15. The third-order valence-electron chi connectivity index (χ3n) is 5.99. The predicted octanol–water partition coefficient (Wildman–Crippen LogP) is 2.84. The number of esters is 1. The number of carbonyl (C=O) groups is 1. The molecule has 0 radical (unpaired) electrons. The monoisotopic (exact) mass is 492 g/mol. The zero-order valence-corrected chi connectivity index (χ0v) is 20.6. The Labute approximate surface area is 205 Å². The summed E-state index contributed by atoms with van der Waals surface area (Å²) in [7, 11) is 1.62. The maximum Gasteiger partial charge on any atom is 0.338 e. The second-order valence-electron chi connectivity index (χ2n) is 8.14. The van der Waals surface area contributed by atoms with Crippen molar-refractivity contribution in [3.8, 4) is 17.2 Å². The summed E-state index contributed by atoms with van der Waals surface area (Å²) in [5.74, 6) is 1.43. The fourth-order valence-electron chi connectivity index (χ4n) is 4.27. The first kappa shape index (κ1) is 22.9. The molecule has 1 atom stereocenters. The van der Waals surface area contributed by atoms with E-state index in [1.54, 1.807) is 37.7 Å². The van der Waals surface area contributed by atoms with Gasteiger partial charge in [-0.05, 0) is 67.8 Å². The molecule has 9 heteroatoms. The first-order chi connectivity index (χ1) is 16.9. The molecule has 0 saturated heterocycles. The van der Waals surface area contributed by atoms with Crippen LogP contribution in [0.1, 0.15) is 36.6 Å². The standard InChI is InChI=1S/C26H24N2O6S/c1-5-32-25(30)22-15(3)27-26-28(23(22)17-7-9-19-20(11-17)34-13-33-19)24(29)21(35-26)12-16-6-8-18(31-4)10-14(16)2/h6-12,23H,5,13H2,1-4H3/b21-12+. The maximum atomic E-state index is 13.7. The second kappa shape index (κ2) is 9.07. The van der Waals surface area contributed by atoms with Crippen LogP contribution >= 0.6 is 11.3 Å². The van der Waals surface area contributed by atoms with Crippen molar-refractivity contribution in [3.63, 3.8) is 0 Å². The lowest BCUT2D eigenvalue weighted by molar-refractivity contribution is -0.139. The van der Waals surface area contributed by atoms with Gasteiger partial charge in [0, 0.05) is 0 Å². The smallest absolute Gasteiger partial charge is 0.338 e. The minimum absolute atomic E-state index is 0.127. The average Bonchev–Trinajstić information content (AvgIpc) is 3.43. The van der Waals surface area contributed by atoms with E-state index in [4.69, 9.17) is 18.9 Å².